The minimum Gasteiger partial charge on any atom is -0.368 e. The Morgan fingerprint density at radius 1 is 1.04 bits per heavy atom. The Labute approximate surface area is 143 Å². The van der Waals surface area contributed by atoms with Crippen molar-refractivity contribution in [1.82, 2.24) is 4.90 Å². The second-order valence-corrected chi connectivity index (χ2v) is 7.41. The summed E-state index contributed by atoms with van der Waals surface area (Å²) in [5, 5.41) is 0. The monoisotopic (exact) mass is 325 g/mol. The number of hydrogen-bond acceptors (Lipinski definition) is 2. The van der Waals surface area contributed by atoms with Crippen molar-refractivity contribution in [1.29, 1.82) is 0 Å². The van der Waals surface area contributed by atoms with Crippen LogP contribution in [0.1, 0.15) is 53.5 Å². The van der Waals surface area contributed by atoms with Crippen molar-refractivity contribution >= 4 is 0 Å². The summed E-state index contributed by atoms with van der Waals surface area (Å²) in [6, 6.07) is 13.9. The van der Waals surface area contributed by atoms with Crippen molar-refractivity contribution < 1.29 is 9.13 Å². The van der Waals surface area contributed by atoms with E-state index in [2.05, 4.69) is 50.2 Å². The molecule has 2 aromatic carbocycles. The highest BCUT2D eigenvalue weighted by Gasteiger charge is 2.42. The molecule has 2 nitrogen and oxygen atoms in total. The molecule has 126 valence electrons. The fourth-order valence-corrected chi connectivity index (χ4v) is 4.47. The van der Waals surface area contributed by atoms with Crippen LogP contribution in [0.5, 0.6) is 0 Å². The van der Waals surface area contributed by atoms with Gasteiger partial charge in [-0.1, -0.05) is 37.3 Å². The third-order valence-corrected chi connectivity index (χ3v) is 5.47. The van der Waals surface area contributed by atoms with E-state index in [-0.39, 0.29) is 23.9 Å². The lowest BCUT2D eigenvalue weighted by Crippen LogP contribution is -2.25. The number of fused-ring (bicyclic) bond motifs is 5. The smallest absolute Gasteiger partial charge is 0.123 e. The van der Waals surface area contributed by atoms with Crippen LogP contribution in [-0.4, -0.2) is 31.6 Å². The van der Waals surface area contributed by atoms with Crippen LogP contribution < -0.4 is 0 Å². The second kappa shape index (κ2) is 5.98. The molecule has 2 aromatic rings. The van der Waals surface area contributed by atoms with Gasteiger partial charge in [0.05, 0.1) is 12.2 Å². The summed E-state index contributed by atoms with van der Waals surface area (Å²) >= 11 is 0. The molecule has 0 unspecified atom stereocenters. The molecule has 2 aliphatic rings. The van der Waals surface area contributed by atoms with E-state index < -0.39 is 0 Å². The maximum atomic E-state index is 14.0. The molecular formula is C21H24FNO. The maximum absolute atomic E-state index is 14.0. The minimum atomic E-state index is -0.176. The fourth-order valence-electron chi connectivity index (χ4n) is 4.47. The zero-order valence-electron chi connectivity index (χ0n) is 14.5. The summed E-state index contributed by atoms with van der Waals surface area (Å²) in [5.41, 5.74) is 4.95. The zero-order chi connectivity index (χ0) is 16.8. The van der Waals surface area contributed by atoms with E-state index >= 15 is 0 Å². The van der Waals surface area contributed by atoms with Crippen molar-refractivity contribution in [2.24, 2.45) is 0 Å². The minimum absolute atomic E-state index is 0.0493. The summed E-state index contributed by atoms with van der Waals surface area (Å²) in [6.07, 6.45) is 1.13. The van der Waals surface area contributed by atoms with Gasteiger partial charge in [-0.05, 0) is 54.9 Å². The molecule has 3 heteroatoms. The Morgan fingerprint density at radius 3 is 2.50 bits per heavy atom. The molecule has 0 N–H and O–H groups in total. The van der Waals surface area contributed by atoms with Gasteiger partial charge in [-0.2, -0.15) is 0 Å². The van der Waals surface area contributed by atoms with Crippen molar-refractivity contribution in [2.75, 3.05) is 20.6 Å². The van der Waals surface area contributed by atoms with Crippen LogP contribution in [0, 0.1) is 5.82 Å². The molecule has 1 heterocycles. The zero-order valence-corrected chi connectivity index (χ0v) is 14.5. The lowest BCUT2D eigenvalue weighted by atomic mass is 9.86. The maximum Gasteiger partial charge on any atom is 0.123 e. The van der Waals surface area contributed by atoms with Crippen molar-refractivity contribution in [3.8, 4) is 0 Å². The average molecular weight is 325 g/mol. The highest BCUT2D eigenvalue weighted by Crippen LogP contribution is 2.51. The Balaban J connectivity index is 1.85. The number of likely N-dealkylation sites (N-methyl/N-ethyl adjacent to an activating group) is 1. The SMILES string of the molecule is C[C@H]1c2ccccc2[C@H]2C[C@H](CN(C)C)O[C@@H]2c2cc(F)ccc21. The van der Waals surface area contributed by atoms with E-state index in [4.69, 9.17) is 4.74 Å². The van der Waals surface area contributed by atoms with Gasteiger partial charge in [-0.25, -0.2) is 4.39 Å². The largest absolute Gasteiger partial charge is 0.368 e. The van der Waals surface area contributed by atoms with E-state index in [1.165, 1.54) is 16.7 Å². The molecular weight excluding hydrogens is 301 g/mol. The summed E-state index contributed by atoms with van der Waals surface area (Å²) in [6.45, 7) is 3.11. The van der Waals surface area contributed by atoms with Crippen molar-refractivity contribution in [3.05, 3.63) is 70.5 Å². The predicted molar refractivity (Wildman–Crippen MR) is 93.9 cm³/mol. The Bertz CT molecular complexity index is 757. The standard InChI is InChI=1S/C21H24FNO/c1-13-16-6-4-5-7-18(16)20-11-15(12-23(2)3)24-21(20)19-10-14(22)8-9-17(13)19/h4-10,13,15,20-21H,11-12H2,1-3H3/t13-,15+,20+,21+/m0/s1. The van der Waals surface area contributed by atoms with Gasteiger partial charge in [-0.15, -0.1) is 0 Å². The fraction of sp³-hybridized carbons (Fsp3) is 0.429. The Hall–Kier alpha value is -1.71. The quantitative estimate of drug-likeness (QED) is 0.808. The van der Waals surface area contributed by atoms with Gasteiger partial charge in [-0.3, -0.25) is 0 Å². The Morgan fingerprint density at radius 2 is 1.75 bits per heavy atom. The van der Waals surface area contributed by atoms with Gasteiger partial charge in [0, 0.05) is 18.4 Å². The van der Waals surface area contributed by atoms with Crippen LogP contribution in [0.25, 0.3) is 0 Å². The first-order valence-electron chi connectivity index (χ1n) is 8.73. The second-order valence-electron chi connectivity index (χ2n) is 7.41. The molecule has 1 aliphatic heterocycles. The molecule has 4 atom stereocenters. The first-order valence-corrected chi connectivity index (χ1v) is 8.73. The van der Waals surface area contributed by atoms with E-state index in [1.54, 1.807) is 12.1 Å². The number of halogens is 1. The first kappa shape index (κ1) is 15.8. The molecule has 1 fully saturated rings. The van der Waals surface area contributed by atoms with Gasteiger partial charge in [0.25, 0.3) is 0 Å². The summed E-state index contributed by atoms with van der Waals surface area (Å²) in [4.78, 5) is 2.16. The van der Waals surface area contributed by atoms with Crippen LogP contribution in [0.4, 0.5) is 4.39 Å². The molecule has 0 spiro atoms. The molecule has 4 rings (SSSR count). The van der Waals surface area contributed by atoms with Crippen LogP contribution >= 0.6 is 0 Å². The highest BCUT2D eigenvalue weighted by atomic mass is 19.1. The molecule has 1 saturated heterocycles. The average Bonchev–Trinajstić information content (AvgIpc) is 2.93. The van der Waals surface area contributed by atoms with E-state index in [9.17, 15) is 4.39 Å². The Kier molecular flexibility index (Phi) is 3.93. The number of ether oxygens (including phenoxy) is 1. The first-order chi connectivity index (χ1) is 11.5. The molecule has 0 aromatic heterocycles. The molecule has 0 radical (unpaired) electrons. The predicted octanol–water partition coefficient (Wildman–Crippen LogP) is 4.47. The topological polar surface area (TPSA) is 12.5 Å². The third kappa shape index (κ3) is 2.56. The number of benzene rings is 2. The van der Waals surface area contributed by atoms with Gasteiger partial charge in [0.15, 0.2) is 0 Å². The molecule has 0 bridgehead atoms. The van der Waals surface area contributed by atoms with E-state index in [0.29, 0.717) is 5.92 Å². The normalized spacial score (nSPS) is 28.2. The lowest BCUT2D eigenvalue weighted by molar-refractivity contribution is 0.0270. The summed E-state index contributed by atoms with van der Waals surface area (Å²) < 4.78 is 20.4. The number of hydrogen-bond donors (Lipinski definition) is 0. The van der Waals surface area contributed by atoms with Crippen LogP contribution in [0.15, 0.2) is 42.5 Å². The van der Waals surface area contributed by atoms with Crippen LogP contribution in [0.2, 0.25) is 0 Å². The van der Waals surface area contributed by atoms with Crippen LogP contribution in [-0.2, 0) is 4.74 Å². The van der Waals surface area contributed by atoms with E-state index in [0.717, 1.165) is 18.5 Å². The third-order valence-electron chi connectivity index (χ3n) is 5.47. The highest BCUT2D eigenvalue weighted by molar-refractivity contribution is 5.48. The van der Waals surface area contributed by atoms with Gasteiger partial charge in [0.2, 0.25) is 0 Å². The van der Waals surface area contributed by atoms with Crippen LogP contribution in [0.3, 0.4) is 0 Å². The van der Waals surface area contributed by atoms with Gasteiger partial charge in [0.1, 0.15) is 5.82 Å². The lowest BCUT2D eigenvalue weighted by Gasteiger charge is -2.21. The van der Waals surface area contributed by atoms with E-state index in [1.807, 2.05) is 6.07 Å². The number of rotatable bonds is 2. The van der Waals surface area contributed by atoms with Gasteiger partial charge >= 0.3 is 0 Å². The van der Waals surface area contributed by atoms with Crippen molar-refractivity contribution in [2.45, 2.75) is 37.4 Å². The van der Waals surface area contributed by atoms with Gasteiger partial charge < -0.3 is 9.64 Å². The number of nitrogens with zero attached hydrogens (tertiary/aromatic N) is 1. The molecule has 0 amide bonds. The van der Waals surface area contributed by atoms with Crippen molar-refractivity contribution in [3.63, 3.8) is 0 Å². The summed E-state index contributed by atoms with van der Waals surface area (Å²) in [5.74, 6) is 0.389. The molecule has 0 saturated carbocycles. The summed E-state index contributed by atoms with van der Waals surface area (Å²) in [7, 11) is 4.14. The molecule has 1 aliphatic carbocycles. The molecule has 24 heavy (non-hydrogen) atoms.